The Morgan fingerprint density at radius 2 is 2.25 bits per heavy atom. The van der Waals surface area contributed by atoms with E-state index in [9.17, 15) is 0 Å². The molecule has 1 unspecified atom stereocenters. The molecule has 0 aliphatic carbocycles. The third-order valence-electron chi connectivity index (χ3n) is 2.36. The van der Waals surface area contributed by atoms with Gasteiger partial charge in [0.25, 0.3) is 0 Å². The Hall–Kier alpha value is -1.39. The lowest BCUT2D eigenvalue weighted by atomic mass is 10.1. The molecule has 0 fully saturated rings. The molecule has 84 valence electrons. The number of aryl methyl sites for hydroxylation is 1. The fraction of sp³-hybridized carbons (Fsp3) is 0.250. The number of thiazole rings is 1. The highest BCUT2D eigenvalue weighted by molar-refractivity contribution is 7.09. The maximum Gasteiger partial charge on any atom is 0.119 e. The number of methoxy groups -OCH3 is 1. The minimum Gasteiger partial charge on any atom is -0.497 e. The van der Waals surface area contributed by atoms with Crippen molar-refractivity contribution in [3.05, 3.63) is 45.9 Å². The zero-order valence-corrected chi connectivity index (χ0v) is 10.1. The van der Waals surface area contributed by atoms with Gasteiger partial charge in [-0.2, -0.15) is 0 Å². The summed E-state index contributed by atoms with van der Waals surface area (Å²) in [5.41, 5.74) is 8.18. The summed E-state index contributed by atoms with van der Waals surface area (Å²) in [7, 11) is 1.65. The van der Waals surface area contributed by atoms with Crippen LogP contribution in [0.25, 0.3) is 0 Å². The lowest BCUT2D eigenvalue weighted by Crippen LogP contribution is -2.11. The first-order valence-corrected chi connectivity index (χ1v) is 5.90. The minimum atomic E-state index is -0.172. The molecule has 2 rings (SSSR count). The molecule has 2 N–H and O–H groups in total. The molecule has 0 aliphatic heterocycles. The fourth-order valence-electron chi connectivity index (χ4n) is 1.49. The van der Waals surface area contributed by atoms with Crippen molar-refractivity contribution in [3.8, 4) is 5.75 Å². The predicted octanol–water partition coefficient (Wildman–Crippen LogP) is 2.51. The molecule has 16 heavy (non-hydrogen) atoms. The zero-order valence-electron chi connectivity index (χ0n) is 9.31. The monoisotopic (exact) mass is 234 g/mol. The van der Waals surface area contributed by atoms with Gasteiger partial charge in [-0.25, -0.2) is 4.98 Å². The van der Waals surface area contributed by atoms with Crippen LogP contribution in [0, 0.1) is 6.92 Å². The fourth-order valence-corrected chi connectivity index (χ4v) is 2.32. The van der Waals surface area contributed by atoms with Crippen molar-refractivity contribution in [1.82, 2.24) is 4.98 Å². The molecular weight excluding hydrogens is 220 g/mol. The van der Waals surface area contributed by atoms with Crippen LogP contribution in [0.2, 0.25) is 0 Å². The van der Waals surface area contributed by atoms with E-state index in [1.165, 1.54) is 0 Å². The van der Waals surface area contributed by atoms with E-state index in [1.54, 1.807) is 18.4 Å². The zero-order chi connectivity index (χ0) is 11.5. The molecule has 2 aromatic rings. The Kier molecular flexibility index (Phi) is 3.22. The molecule has 0 aliphatic rings. The van der Waals surface area contributed by atoms with Crippen LogP contribution in [0.5, 0.6) is 5.75 Å². The second-order valence-electron chi connectivity index (χ2n) is 3.58. The number of ether oxygens (including phenoxy) is 1. The van der Waals surface area contributed by atoms with Crippen LogP contribution in [0.15, 0.2) is 29.6 Å². The van der Waals surface area contributed by atoms with Crippen LogP contribution in [0.3, 0.4) is 0 Å². The molecular formula is C12H14N2OS. The van der Waals surface area contributed by atoms with Gasteiger partial charge in [0.15, 0.2) is 0 Å². The summed E-state index contributed by atoms with van der Waals surface area (Å²) in [6.45, 7) is 1.97. The van der Waals surface area contributed by atoms with Crippen molar-refractivity contribution < 1.29 is 4.74 Å². The highest BCUT2D eigenvalue weighted by Gasteiger charge is 2.12. The van der Waals surface area contributed by atoms with Crippen molar-refractivity contribution in [2.45, 2.75) is 13.0 Å². The van der Waals surface area contributed by atoms with Gasteiger partial charge in [0.2, 0.25) is 0 Å². The van der Waals surface area contributed by atoms with Gasteiger partial charge < -0.3 is 10.5 Å². The summed E-state index contributed by atoms with van der Waals surface area (Å²) >= 11 is 1.59. The Balaban J connectivity index is 2.29. The Bertz CT molecular complexity index is 481. The Labute approximate surface area is 98.9 Å². The van der Waals surface area contributed by atoms with Crippen molar-refractivity contribution >= 4 is 11.3 Å². The van der Waals surface area contributed by atoms with Crippen LogP contribution in [0.1, 0.15) is 22.3 Å². The van der Waals surface area contributed by atoms with Gasteiger partial charge in [-0.3, -0.25) is 0 Å². The third kappa shape index (κ3) is 2.23. The van der Waals surface area contributed by atoms with Crippen molar-refractivity contribution in [2.24, 2.45) is 5.73 Å². The molecule has 4 heteroatoms. The smallest absolute Gasteiger partial charge is 0.119 e. The summed E-state index contributed by atoms with van der Waals surface area (Å²) in [5, 5.41) is 2.95. The summed E-state index contributed by atoms with van der Waals surface area (Å²) in [6, 6.07) is 7.61. The van der Waals surface area contributed by atoms with E-state index >= 15 is 0 Å². The first kappa shape index (κ1) is 11.1. The first-order chi connectivity index (χ1) is 7.70. The lowest BCUT2D eigenvalue weighted by molar-refractivity contribution is 0.414. The molecule has 1 heterocycles. The van der Waals surface area contributed by atoms with Gasteiger partial charge >= 0.3 is 0 Å². The van der Waals surface area contributed by atoms with Crippen LogP contribution >= 0.6 is 11.3 Å². The van der Waals surface area contributed by atoms with Crippen molar-refractivity contribution in [2.75, 3.05) is 7.11 Å². The van der Waals surface area contributed by atoms with Gasteiger partial charge in [-0.1, -0.05) is 12.1 Å². The van der Waals surface area contributed by atoms with Crippen LogP contribution in [-0.4, -0.2) is 12.1 Å². The molecule has 0 spiro atoms. The van der Waals surface area contributed by atoms with Gasteiger partial charge in [-0.05, 0) is 24.6 Å². The maximum absolute atomic E-state index is 6.15. The standard InChI is InChI=1S/C12H14N2OS/c1-8-7-16-12(14-8)11(13)9-4-3-5-10(6-9)15-2/h3-7,11H,13H2,1-2H3. The lowest BCUT2D eigenvalue weighted by Gasteiger charge is -2.10. The predicted molar refractivity (Wildman–Crippen MR) is 65.9 cm³/mol. The minimum absolute atomic E-state index is 0.172. The largest absolute Gasteiger partial charge is 0.497 e. The summed E-state index contributed by atoms with van der Waals surface area (Å²) in [4.78, 5) is 4.40. The quantitative estimate of drug-likeness (QED) is 0.887. The Morgan fingerprint density at radius 3 is 2.88 bits per heavy atom. The van der Waals surface area contributed by atoms with Gasteiger partial charge in [0.05, 0.1) is 13.2 Å². The number of nitrogens with zero attached hydrogens (tertiary/aromatic N) is 1. The number of nitrogens with two attached hydrogens (primary N) is 1. The van der Waals surface area contributed by atoms with E-state index in [4.69, 9.17) is 10.5 Å². The maximum atomic E-state index is 6.15. The number of benzene rings is 1. The molecule has 0 radical (unpaired) electrons. The Morgan fingerprint density at radius 1 is 1.44 bits per heavy atom. The van der Waals surface area contributed by atoms with E-state index in [1.807, 2.05) is 36.6 Å². The average Bonchev–Trinajstić information content (AvgIpc) is 2.75. The van der Waals surface area contributed by atoms with E-state index in [0.29, 0.717) is 0 Å². The molecule has 1 aromatic carbocycles. The summed E-state index contributed by atoms with van der Waals surface area (Å²) in [5.74, 6) is 0.821. The highest BCUT2D eigenvalue weighted by atomic mass is 32.1. The summed E-state index contributed by atoms with van der Waals surface area (Å²) in [6.07, 6.45) is 0. The van der Waals surface area contributed by atoms with Crippen molar-refractivity contribution in [3.63, 3.8) is 0 Å². The topological polar surface area (TPSA) is 48.1 Å². The van der Waals surface area contributed by atoms with Crippen LogP contribution in [-0.2, 0) is 0 Å². The van der Waals surface area contributed by atoms with E-state index in [2.05, 4.69) is 4.98 Å². The van der Waals surface area contributed by atoms with E-state index in [0.717, 1.165) is 22.0 Å². The molecule has 0 saturated carbocycles. The van der Waals surface area contributed by atoms with E-state index in [-0.39, 0.29) is 6.04 Å². The highest BCUT2D eigenvalue weighted by Crippen LogP contribution is 2.25. The first-order valence-electron chi connectivity index (χ1n) is 5.02. The van der Waals surface area contributed by atoms with Gasteiger partial charge in [0.1, 0.15) is 10.8 Å². The molecule has 0 saturated heterocycles. The average molecular weight is 234 g/mol. The molecule has 3 nitrogen and oxygen atoms in total. The molecule has 1 aromatic heterocycles. The second kappa shape index (κ2) is 4.63. The molecule has 1 atom stereocenters. The number of hydrogen-bond donors (Lipinski definition) is 1. The third-order valence-corrected chi connectivity index (χ3v) is 3.40. The normalized spacial score (nSPS) is 12.4. The SMILES string of the molecule is COc1cccc(C(N)c2nc(C)cs2)c1. The number of hydrogen-bond acceptors (Lipinski definition) is 4. The van der Waals surface area contributed by atoms with Crippen LogP contribution in [0.4, 0.5) is 0 Å². The number of rotatable bonds is 3. The molecule has 0 amide bonds. The van der Waals surface area contributed by atoms with Gasteiger partial charge in [0, 0.05) is 11.1 Å². The number of aromatic nitrogens is 1. The van der Waals surface area contributed by atoms with E-state index < -0.39 is 0 Å². The second-order valence-corrected chi connectivity index (χ2v) is 4.47. The molecule has 0 bridgehead atoms. The summed E-state index contributed by atoms with van der Waals surface area (Å²) < 4.78 is 5.17. The van der Waals surface area contributed by atoms with Gasteiger partial charge in [-0.15, -0.1) is 11.3 Å². The van der Waals surface area contributed by atoms with Crippen LogP contribution < -0.4 is 10.5 Å². The van der Waals surface area contributed by atoms with Crippen molar-refractivity contribution in [1.29, 1.82) is 0 Å².